The van der Waals surface area contributed by atoms with Crippen LogP contribution in [0.5, 0.6) is 0 Å². The smallest absolute Gasteiger partial charge is 0.252 e. The van der Waals surface area contributed by atoms with Gasteiger partial charge in [-0.05, 0) is 49.8 Å². The van der Waals surface area contributed by atoms with Gasteiger partial charge in [0.15, 0.2) is 5.65 Å². The number of nitrogens with one attached hydrogen (secondary N) is 1. The minimum Gasteiger partial charge on any atom is -0.381 e. The third-order valence-electron chi connectivity index (χ3n) is 5.71. The largest absolute Gasteiger partial charge is 0.381 e. The van der Waals surface area contributed by atoms with Crippen molar-refractivity contribution in [1.82, 2.24) is 29.1 Å². The Balaban J connectivity index is 1.55. The van der Waals surface area contributed by atoms with Crippen LogP contribution < -0.4 is 10.9 Å². The summed E-state index contributed by atoms with van der Waals surface area (Å²) in [5, 5.41) is 8.34. The van der Waals surface area contributed by atoms with Crippen LogP contribution in [-0.4, -0.2) is 42.3 Å². The number of aryl methyl sites for hydroxylation is 2. The zero-order valence-electron chi connectivity index (χ0n) is 17.0. The fraction of sp³-hybridized carbons (Fsp3) is 0.381. The lowest BCUT2D eigenvalue weighted by Crippen LogP contribution is -2.28. The normalized spacial score (nSPS) is 15.1. The predicted molar refractivity (Wildman–Crippen MR) is 113 cm³/mol. The van der Waals surface area contributed by atoms with E-state index in [9.17, 15) is 4.79 Å². The molecule has 4 aromatic heterocycles. The predicted octanol–water partition coefficient (Wildman–Crippen LogP) is 2.62. The summed E-state index contributed by atoms with van der Waals surface area (Å²) in [7, 11) is 0. The molecule has 5 rings (SSSR count). The molecule has 1 fully saturated rings. The average Bonchev–Trinajstić information content (AvgIpc) is 3.19. The van der Waals surface area contributed by atoms with Gasteiger partial charge in [0, 0.05) is 37.4 Å². The summed E-state index contributed by atoms with van der Waals surface area (Å²) in [4.78, 5) is 26.2. The second-order valence-electron chi connectivity index (χ2n) is 7.82. The zero-order chi connectivity index (χ0) is 20.7. The number of hydrogen-bond donors (Lipinski definition) is 1. The van der Waals surface area contributed by atoms with E-state index >= 15 is 0 Å². The molecule has 30 heavy (non-hydrogen) atoms. The molecular weight excluding hydrogens is 382 g/mol. The first kappa shape index (κ1) is 18.7. The molecule has 5 heterocycles. The fourth-order valence-electron chi connectivity index (χ4n) is 3.93. The van der Waals surface area contributed by atoms with Gasteiger partial charge in [0.2, 0.25) is 5.95 Å². The van der Waals surface area contributed by atoms with Gasteiger partial charge in [0.05, 0.1) is 11.9 Å². The minimum atomic E-state index is -0.0312. The van der Waals surface area contributed by atoms with Crippen LogP contribution in [0.1, 0.15) is 24.0 Å². The molecule has 154 valence electrons. The van der Waals surface area contributed by atoms with Gasteiger partial charge in [-0.15, -0.1) is 0 Å². The van der Waals surface area contributed by atoms with Gasteiger partial charge in [0.1, 0.15) is 12.0 Å². The number of hydrogen-bond acceptors (Lipinski definition) is 7. The van der Waals surface area contributed by atoms with E-state index in [1.807, 2.05) is 26.1 Å². The third kappa shape index (κ3) is 3.41. The Kier molecular flexibility index (Phi) is 4.66. The summed E-state index contributed by atoms with van der Waals surface area (Å²) in [5.41, 5.74) is 4.12. The van der Waals surface area contributed by atoms with Crippen molar-refractivity contribution in [1.29, 1.82) is 0 Å². The second-order valence-corrected chi connectivity index (χ2v) is 7.82. The van der Waals surface area contributed by atoms with Crippen molar-refractivity contribution in [3.63, 3.8) is 0 Å². The van der Waals surface area contributed by atoms with Crippen LogP contribution in [0.15, 0.2) is 35.6 Å². The molecule has 1 N–H and O–H groups in total. The number of fused-ring (bicyclic) bond motifs is 2. The summed E-state index contributed by atoms with van der Waals surface area (Å²) >= 11 is 0. The minimum absolute atomic E-state index is 0.0312. The molecule has 1 saturated heterocycles. The molecule has 0 aliphatic carbocycles. The molecule has 0 spiro atoms. The van der Waals surface area contributed by atoms with Crippen molar-refractivity contribution in [3.05, 3.63) is 52.3 Å². The number of aromatic nitrogens is 6. The lowest BCUT2D eigenvalue weighted by Gasteiger charge is -2.23. The molecule has 1 aliphatic heterocycles. The van der Waals surface area contributed by atoms with Gasteiger partial charge in [-0.2, -0.15) is 10.1 Å². The lowest BCUT2D eigenvalue weighted by atomic mass is 10.00. The summed E-state index contributed by atoms with van der Waals surface area (Å²) in [6.07, 6.45) is 7.06. The van der Waals surface area contributed by atoms with Crippen molar-refractivity contribution in [2.75, 3.05) is 18.5 Å². The van der Waals surface area contributed by atoms with E-state index in [0.717, 1.165) is 53.9 Å². The maximum absolute atomic E-state index is 12.8. The number of rotatable bonds is 4. The molecular formula is C21H23N7O2. The Hall–Kier alpha value is -3.33. The lowest BCUT2D eigenvalue weighted by molar-refractivity contribution is 0.0613. The zero-order valence-corrected chi connectivity index (χ0v) is 17.0. The summed E-state index contributed by atoms with van der Waals surface area (Å²) in [6.45, 7) is 6.04. The van der Waals surface area contributed by atoms with Crippen molar-refractivity contribution >= 4 is 28.3 Å². The summed E-state index contributed by atoms with van der Waals surface area (Å²) < 4.78 is 8.93. The Labute approximate surface area is 172 Å². The third-order valence-corrected chi connectivity index (χ3v) is 5.71. The molecule has 0 unspecified atom stereocenters. The Morgan fingerprint density at radius 2 is 2.00 bits per heavy atom. The Bertz CT molecular complexity index is 1290. The van der Waals surface area contributed by atoms with Gasteiger partial charge >= 0.3 is 0 Å². The Morgan fingerprint density at radius 1 is 1.17 bits per heavy atom. The van der Waals surface area contributed by atoms with E-state index in [2.05, 4.69) is 20.4 Å². The van der Waals surface area contributed by atoms with Crippen molar-refractivity contribution in [2.45, 2.75) is 33.2 Å². The monoisotopic (exact) mass is 405 g/mol. The molecule has 0 amide bonds. The Morgan fingerprint density at radius 3 is 2.83 bits per heavy atom. The highest BCUT2D eigenvalue weighted by atomic mass is 16.5. The van der Waals surface area contributed by atoms with E-state index in [1.165, 1.54) is 6.33 Å². The van der Waals surface area contributed by atoms with Crippen LogP contribution in [0.2, 0.25) is 0 Å². The van der Waals surface area contributed by atoms with Crippen LogP contribution in [0, 0.1) is 19.8 Å². The number of pyridine rings is 2. The van der Waals surface area contributed by atoms with Crippen molar-refractivity contribution in [3.8, 4) is 0 Å². The molecule has 4 aromatic rings. The topological polar surface area (TPSA) is 99.2 Å². The number of ether oxygens (including phenoxy) is 1. The van der Waals surface area contributed by atoms with Crippen LogP contribution >= 0.6 is 0 Å². The molecule has 1 aliphatic rings. The van der Waals surface area contributed by atoms with E-state index in [4.69, 9.17) is 9.72 Å². The van der Waals surface area contributed by atoms with Crippen LogP contribution in [0.3, 0.4) is 0 Å². The standard InChI is InChI=1S/C21H23N7O2/c1-13-8-19(29)27(10-15-3-5-30-6-4-15)20-16(13)9-22-21(26-20)25-17-11-28-18(7-14(17)2)23-12-24-28/h7-9,11-12,15H,3-6,10H2,1-2H3,(H,22,25,26). The highest BCUT2D eigenvalue weighted by Gasteiger charge is 2.18. The highest BCUT2D eigenvalue weighted by molar-refractivity contribution is 5.79. The van der Waals surface area contributed by atoms with Gasteiger partial charge in [-0.1, -0.05) is 0 Å². The van der Waals surface area contributed by atoms with Gasteiger partial charge < -0.3 is 10.1 Å². The highest BCUT2D eigenvalue weighted by Crippen LogP contribution is 2.23. The van der Waals surface area contributed by atoms with Gasteiger partial charge in [-0.3, -0.25) is 9.36 Å². The molecule has 9 nitrogen and oxygen atoms in total. The van der Waals surface area contributed by atoms with E-state index in [-0.39, 0.29) is 5.56 Å². The first-order valence-electron chi connectivity index (χ1n) is 10.1. The fourth-order valence-corrected chi connectivity index (χ4v) is 3.93. The first-order chi connectivity index (χ1) is 14.6. The molecule has 0 aromatic carbocycles. The molecule has 9 heteroatoms. The summed E-state index contributed by atoms with van der Waals surface area (Å²) in [6, 6.07) is 3.61. The molecule has 0 atom stereocenters. The van der Waals surface area contributed by atoms with Gasteiger partial charge in [0.25, 0.3) is 5.56 Å². The van der Waals surface area contributed by atoms with Crippen LogP contribution in [-0.2, 0) is 11.3 Å². The average molecular weight is 405 g/mol. The summed E-state index contributed by atoms with van der Waals surface area (Å²) in [5.74, 6) is 0.849. The van der Waals surface area contributed by atoms with E-state index < -0.39 is 0 Å². The molecule has 0 bridgehead atoms. The van der Waals surface area contributed by atoms with Crippen molar-refractivity contribution in [2.24, 2.45) is 5.92 Å². The molecule has 0 radical (unpaired) electrons. The maximum atomic E-state index is 12.8. The first-order valence-corrected chi connectivity index (χ1v) is 10.1. The number of anilines is 2. The van der Waals surface area contributed by atoms with Crippen LogP contribution in [0.25, 0.3) is 16.7 Å². The van der Waals surface area contributed by atoms with Gasteiger partial charge in [-0.25, -0.2) is 14.5 Å². The van der Waals surface area contributed by atoms with Crippen molar-refractivity contribution < 1.29 is 4.74 Å². The van der Waals surface area contributed by atoms with Crippen LogP contribution in [0.4, 0.5) is 11.6 Å². The SMILES string of the molecule is Cc1cc2ncnn2cc1Nc1ncc2c(C)cc(=O)n(CC3CCOCC3)c2n1. The number of nitrogens with zero attached hydrogens (tertiary/aromatic N) is 6. The quantitative estimate of drug-likeness (QED) is 0.557. The molecule has 0 saturated carbocycles. The maximum Gasteiger partial charge on any atom is 0.252 e. The van der Waals surface area contributed by atoms with E-state index in [1.54, 1.807) is 21.3 Å². The second kappa shape index (κ2) is 7.49. The van der Waals surface area contributed by atoms with E-state index in [0.29, 0.717) is 24.1 Å².